The van der Waals surface area contributed by atoms with Crippen molar-refractivity contribution in [3.05, 3.63) is 52.6 Å². The van der Waals surface area contributed by atoms with Crippen molar-refractivity contribution in [1.29, 1.82) is 0 Å². The van der Waals surface area contributed by atoms with E-state index in [1.165, 1.54) is 0 Å². The van der Waals surface area contributed by atoms with Crippen LogP contribution in [0.3, 0.4) is 0 Å². The lowest BCUT2D eigenvalue weighted by molar-refractivity contribution is -0.128. The van der Waals surface area contributed by atoms with Crippen LogP contribution in [0, 0.1) is 0 Å². The number of rotatable bonds is 3. The van der Waals surface area contributed by atoms with Crippen molar-refractivity contribution in [2.75, 3.05) is 69.3 Å². The molecule has 35 heavy (non-hydrogen) atoms. The van der Waals surface area contributed by atoms with E-state index in [0.717, 1.165) is 89.6 Å². The third kappa shape index (κ3) is 3.91. The summed E-state index contributed by atoms with van der Waals surface area (Å²) in [5.41, 5.74) is 3.79. The highest BCUT2D eigenvalue weighted by Crippen LogP contribution is 2.56. The van der Waals surface area contributed by atoms with Gasteiger partial charge < -0.3 is 19.4 Å². The number of morpholine rings is 1. The van der Waals surface area contributed by atoms with Crippen molar-refractivity contribution >= 4 is 40.6 Å². The van der Waals surface area contributed by atoms with Gasteiger partial charge in [0.1, 0.15) is 0 Å². The van der Waals surface area contributed by atoms with Gasteiger partial charge in [-0.3, -0.25) is 9.69 Å². The Morgan fingerprint density at radius 3 is 2.63 bits per heavy atom. The molecule has 0 aliphatic carbocycles. The molecule has 2 aromatic rings. The van der Waals surface area contributed by atoms with Gasteiger partial charge in [-0.25, -0.2) is 0 Å². The van der Waals surface area contributed by atoms with Gasteiger partial charge in [-0.05, 0) is 37.2 Å². The molecule has 5 heterocycles. The molecular weight excluding hydrogens is 460 g/mol. The summed E-state index contributed by atoms with van der Waals surface area (Å²) in [6.45, 7) is 8.33. The topological polar surface area (TPSA) is 65.0 Å². The fourth-order valence-electron chi connectivity index (χ4n) is 5.09. The Morgan fingerprint density at radius 1 is 1.09 bits per heavy atom. The molecule has 1 aromatic heterocycles. The van der Waals surface area contributed by atoms with Gasteiger partial charge in [-0.15, -0.1) is 10.2 Å². The van der Waals surface area contributed by atoms with Gasteiger partial charge in [-0.2, -0.15) is 0 Å². The second kappa shape index (κ2) is 9.29. The van der Waals surface area contributed by atoms with E-state index in [0.29, 0.717) is 13.2 Å². The molecule has 0 radical (unpaired) electrons. The fourth-order valence-corrected chi connectivity index (χ4v) is 6.28. The maximum absolute atomic E-state index is 14.1. The number of thioether (sulfide) groups is 1. The molecule has 6 rings (SSSR count). The molecular formula is C26H30N6O2S. The molecule has 8 nitrogen and oxygen atoms in total. The second-order valence-electron chi connectivity index (χ2n) is 9.25. The Kier molecular flexibility index (Phi) is 5.99. The van der Waals surface area contributed by atoms with Gasteiger partial charge >= 0.3 is 0 Å². The number of hydrogen-bond acceptors (Lipinski definition) is 8. The van der Waals surface area contributed by atoms with Crippen molar-refractivity contribution in [1.82, 2.24) is 20.0 Å². The van der Waals surface area contributed by atoms with Crippen LogP contribution in [-0.4, -0.2) is 85.4 Å². The summed E-state index contributed by atoms with van der Waals surface area (Å²) in [5, 5.41) is 10.3. The molecule has 0 bridgehead atoms. The first-order chi connectivity index (χ1) is 17.2. The molecule has 2 saturated heterocycles. The van der Waals surface area contributed by atoms with E-state index in [2.05, 4.69) is 58.0 Å². The van der Waals surface area contributed by atoms with Crippen molar-refractivity contribution in [2.24, 2.45) is 0 Å². The number of likely N-dealkylation sites (N-methyl/N-ethyl adjacent to an activating group) is 1. The maximum Gasteiger partial charge on any atom is 0.257 e. The zero-order chi connectivity index (χ0) is 23.9. The Bertz CT molecular complexity index is 1210. The van der Waals surface area contributed by atoms with Crippen LogP contribution in [0.5, 0.6) is 0 Å². The lowest BCUT2D eigenvalue weighted by atomic mass is 9.93. The smallest absolute Gasteiger partial charge is 0.257 e. The van der Waals surface area contributed by atoms with Crippen molar-refractivity contribution in [3.63, 3.8) is 0 Å². The first-order valence-corrected chi connectivity index (χ1v) is 13.2. The summed E-state index contributed by atoms with van der Waals surface area (Å²) in [6, 6.07) is 10.4. The lowest BCUT2D eigenvalue weighted by Crippen LogP contribution is -2.48. The van der Waals surface area contributed by atoms with Gasteiger partial charge in [0.05, 0.1) is 29.5 Å². The van der Waals surface area contributed by atoms with Gasteiger partial charge in [0.15, 0.2) is 11.6 Å². The van der Waals surface area contributed by atoms with Gasteiger partial charge in [0.2, 0.25) is 0 Å². The highest BCUT2D eigenvalue weighted by Gasteiger charge is 2.41. The number of ether oxygens (including phenoxy) is 1. The number of carbonyl (C=O) groups is 1. The minimum absolute atomic E-state index is 0.105. The van der Waals surface area contributed by atoms with E-state index in [1.807, 2.05) is 17.0 Å². The molecule has 1 aromatic carbocycles. The zero-order valence-electron chi connectivity index (χ0n) is 20.2. The van der Waals surface area contributed by atoms with Crippen LogP contribution in [0.25, 0.3) is 5.57 Å². The SMILES string of the molecule is CC/C=C1/C(C(=O)N2CCN(C)CC2)=C2Sc3ccccc3N2c2nnc(N3CCOCC3)cc21. The van der Waals surface area contributed by atoms with Gasteiger partial charge in [0.25, 0.3) is 5.91 Å². The number of anilines is 3. The summed E-state index contributed by atoms with van der Waals surface area (Å²) in [4.78, 5) is 23.9. The molecule has 1 amide bonds. The van der Waals surface area contributed by atoms with Crippen molar-refractivity contribution in [2.45, 2.75) is 18.2 Å². The predicted octanol–water partition coefficient (Wildman–Crippen LogP) is 3.35. The molecule has 9 heteroatoms. The highest BCUT2D eigenvalue weighted by atomic mass is 32.2. The summed E-state index contributed by atoms with van der Waals surface area (Å²) in [5.74, 6) is 1.74. The largest absolute Gasteiger partial charge is 0.378 e. The number of amides is 1. The first kappa shape index (κ1) is 22.6. The average Bonchev–Trinajstić information content (AvgIpc) is 3.28. The Morgan fingerprint density at radius 2 is 1.86 bits per heavy atom. The van der Waals surface area contributed by atoms with Gasteiger partial charge in [-0.1, -0.05) is 36.9 Å². The van der Waals surface area contributed by atoms with Gasteiger partial charge in [0, 0.05) is 49.7 Å². The predicted molar refractivity (Wildman–Crippen MR) is 139 cm³/mol. The minimum atomic E-state index is 0.105. The van der Waals surface area contributed by atoms with E-state index in [9.17, 15) is 4.79 Å². The fraction of sp³-hybridized carbons (Fsp3) is 0.423. The lowest BCUT2D eigenvalue weighted by Gasteiger charge is -2.36. The van der Waals surface area contributed by atoms with Crippen LogP contribution in [0.4, 0.5) is 17.3 Å². The van der Waals surface area contributed by atoms with E-state index in [-0.39, 0.29) is 5.91 Å². The van der Waals surface area contributed by atoms with Crippen LogP contribution in [0.2, 0.25) is 0 Å². The molecule has 182 valence electrons. The van der Waals surface area contributed by atoms with Crippen molar-refractivity contribution in [3.8, 4) is 0 Å². The Hall–Kier alpha value is -2.88. The van der Waals surface area contributed by atoms with Crippen LogP contribution < -0.4 is 9.80 Å². The third-order valence-corrected chi connectivity index (χ3v) is 8.16. The third-order valence-electron chi connectivity index (χ3n) is 7.01. The van der Waals surface area contributed by atoms with E-state index in [4.69, 9.17) is 9.84 Å². The van der Waals surface area contributed by atoms with E-state index >= 15 is 0 Å². The molecule has 0 saturated carbocycles. The molecule has 4 aliphatic heterocycles. The number of para-hydroxylation sites is 1. The molecule has 0 N–H and O–H groups in total. The zero-order valence-corrected chi connectivity index (χ0v) is 21.1. The number of nitrogens with zero attached hydrogens (tertiary/aromatic N) is 6. The molecule has 2 fully saturated rings. The summed E-state index contributed by atoms with van der Waals surface area (Å²) in [7, 11) is 2.11. The van der Waals surface area contributed by atoms with E-state index in [1.54, 1.807) is 11.8 Å². The molecule has 4 aliphatic rings. The van der Waals surface area contributed by atoms with Crippen LogP contribution in [0.1, 0.15) is 18.9 Å². The number of allylic oxidation sites excluding steroid dienone is 1. The molecule has 0 spiro atoms. The molecule has 0 unspecified atom stereocenters. The standard InChI is InChI=1S/C26H30N6O2S/c1-3-6-18-19-17-22(30-13-15-34-16-14-30)27-28-24(19)32-20-7-4-5-8-21(20)35-26(32)23(18)25(33)31-11-9-29(2)10-12-31/h4-8,17H,3,9-16H2,1-2H3/b18-6+. The number of fused-ring (bicyclic) bond motifs is 5. The van der Waals surface area contributed by atoms with Crippen LogP contribution in [0.15, 0.2) is 51.9 Å². The quantitative estimate of drug-likeness (QED) is 0.649. The summed E-state index contributed by atoms with van der Waals surface area (Å²) in [6.07, 6.45) is 3.01. The number of carbonyl (C=O) groups excluding carboxylic acids is 1. The van der Waals surface area contributed by atoms with Crippen molar-refractivity contribution < 1.29 is 9.53 Å². The normalized spacial score (nSPS) is 21.3. The van der Waals surface area contributed by atoms with E-state index < -0.39 is 0 Å². The van der Waals surface area contributed by atoms with Crippen LogP contribution >= 0.6 is 11.8 Å². The number of aromatic nitrogens is 2. The molecule has 0 atom stereocenters. The number of piperazine rings is 1. The number of hydrogen-bond donors (Lipinski definition) is 0. The first-order valence-electron chi connectivity index (χ1n) is 12.4. The Labute approximate surface area is 210 Å². The van der Waals surface area contributed by atoms with Crippen LogP contribution in [-0.2, 0) is 9.53 Å². The second-order valence-corrected chi connectivity index (χ2v) is 10.3. The number of benzene rings is 1. The monoisotopic (exact) mass is 490 g/mol. The summed E-state index contributed by atoms with van der Waals surface area (Å²) >= 11 is 1.66. The Balaban J connectivity index is 1.50. The average molecular weight is 491 g/mol. The highest BCUT2D eigenvalue weighted by molar-refractivity contribution is 8.03. The summed E-state index contributed by atoms with van der Waals surface area (Å²) < 4.78 is 5.54. The maximum atomic E-state index is 14.1. The minimum Gasteiger partial charge on any atom is -0.378 e.